The molecule has 1 aromatic carbocycles. The van der Waals surface area contributed by atoms with E-state index in [2.05, 4.69) is 0 Å². The summed E-state index contributed by atoms with van der Waals surface area (Å²) < 4.78 is 16.1. The summed E-state index contributed by atoms with van der Waals surface area (Å²) >= 11 is 0. The summed E-state index contributed by atoms with van der Waals surface area (Å²) in [5.74, 6) is -0.742. The normalized spacial score (nSPS) is 15.5. The van der Waals surface area contributed by atoms with Gasteiger partial charge in [-0.3, -0.25) is 9.59 Å². The molecule has 1 saturated heterocycles. The standard InChI is InChI=1S/C20H23NO6/c1-25-13-15-11-17(22)19(24)20(27-15)16(14-5-3-2-4-6-14)12-18(23)21-7-9-26-10-8-21/h2-6,11,16,24H,7-10,12-13H2,1H3/t16-/m0/s1. The molecule has 0 bridgehead atoms. The Kier molecular flexibility index (Phi) is 6.26. The van der Waals surface area contributed by atoms with Crippen molar-refractivity contribution in [1.82, 2.24) is 4.90 Å². The molecule has 1 aliphatic rings. The molecule has 27 heavy (non-hydrogen) atoms. The molecule has 1 atom stereocenters. The average molecular weight is 373 g/mol. The van der Waals surface area contributed by atoms with Crippen molar-refractivity contribution in [3.05, 3.63) is 63.7 Å². The van der Waals surface area contributed by atoms with Crippen molar-refractivity contribution >= 4 is 5.91 Å². The van der Waals surface area contributed by atoms with Gasteiger partial charge in [-0.2, -0.15) is 0 Å². The van der Waals surface area contributed by atoms with Crippen LogP contribution in [0.5, 0.6) is 5.75 Å². The third kappa shape index (κ3) is 4.56. The average Bonchev–Trinajstić information content (AvgIpc) is 2.70. The Bertz CT molecular complexity index is 826. The molecular weight excluding hydrogens is 350 g/mol. The number of aromatic hydroxyl groups is 1. The summed E-state index contributed by atoms with van der Waals surface area (Å²) in [6, 6.07) is 10.4. The van der Waals surface area contributed by atoms with Crippen LogP contribution >= 0.6 is 0 Å². The van der Waals surface area contributed by atoms with Gasteiger partial charge in [0.15, 0.2) is 5.76 Å². The second-order valence-electron chi connectivity index (χ2n) is 6.38. The molecule has 7 nitrogen and oxygen atoms in total. The van der Waals surface area contributed by atoms with Gasteiger partial charge in [0.05, 0.1) is 19.1 Å². The van der Waals surface area contributed by atoms with Gasteiger partial charge in [0.1, 0.15) is 12.4 Å². The van der Waals surface area contributed by atoms with Gasteiger partial charge in [-0.05, 0) is 5.56 Å². The Morgan fingerprint density at radius 3 is 2.63 bits per heavy atom. The summed E-state index contributed by atoms with van der Waals surface area (Å²) in [5, 5.41) is 10.4. The van der Waals surface area contributed by atoms with E-state index >= 15 is 0 Å². The number of amides is 1. The maximum Gasteiger partial charge on any atom is 0.227 e. The van der Waals surface area contributed by atoms with E-state index in [0.717, 1.165) is 5.56 Å². The molecule has 2 heterocycles. The van der Waals surface area contributed by atoms with Crippen LogP contribution in [0.2, 0.25) is 0 Å². The molecule has 0 aliphatic carbocycles. The van der Waals surface area contributed by atoms with Gasteiger partial charge in [0, 0.05) is 32.7 Å². The van der Waals surface area contributed by atoms with E-state index in [-0.39, 0.29) is 24.7 Å². The highest BCUT2D eigenvalue weighted by Crippen LogP contribution is 2.33. The van der Waals surface area contributed by atoms with E-state index in [1.54, 1.807) is 4.90 Å². The monoisotopic (exact) mass is 373 g/mol. The number of benzene rings is 1. The fraction of sp³-hybridized carbons (Fsp3) is 0.400. The quantitative estimate of drug-likeness (QED) is 0.832. The Morgan fingerprint density at radius 2 is 1.96 bits per heavy atom. The maximum atomic E-state index is 12.8. The third-order valence-corrected chi connectivity index (χ3v) is 4.55. The van der Waals surface area contributed by atoms with E-state index in [1.165, 1.54) is 13.2 Å². The first-order valence-corrected chi connectivity index (χ1v) is 8.85. The zero-order valence-corrected chi connectivity index (χ0v) is 15.2. The van der Waals surface area contributed by atoms with Crippen LogP contribution in [-0.4, -0.2) is 49.3 Å². The number of carbonyl (C=O) groups excluding carboxylic acids is 1. The van der Waals surface area contributed by atoms with Crippen LogP contribution in [0.4, 0.5) is 0 Å². The largest absolute Gasteiger partial charge is 0.502 e. The lowest BCUT2D eigenvalue weighted by molar-refractivity contribution is -0.135. The van der Waals surface area contributed by atoms with E-state index < -0.39 is 17.1 Å². The van der Waals surface area contributed by atoms with Gasteiger partial charge in [-0.15, -0.1) is 0 Å². The van der Waals surface area contributed by atoms with Gasteiger partial charge in [-0.25, -0.2) is 0 Å². The van der Waals surface area contributed by atoms with Crippen molar-refractivity contribution in [2.45, 2.75) is 18.9 Å². The van der Waals surface area contributed by atoms with E-state index in [1.807, 2.05) is 30.3 Å². The van der Waals surface area contributed by atoms with E-state index in [4.69, 9.17) is 13.9 Å². The molecule has 3 rings (SSSR count). The Morgan fingerprint density at radius 1 is 1.26 bits per heavy atom. The van der Waals surface area contributed by atoms with Gasteiger partial charge in [0.2, 0.25) is 17.1 Å². The first-order chi connectivity index (χ1) is 13.1. The van der Waals surface area contributed by atoms with Crippen LogP contribution in [0.25, 0.3) is 0 Å². The van der Waals surface area contributed by atoms with Gasteiger partial charge >= 0.3 is 0 Å². The number of nitrogens with zero attached hydrogens (tertiary/aromatic N) is 1. The van der Waals surface area contributed by atoms with Crippen LogP contribution in [-0.2, 0) is 20.9 Å². The predicted molar refractivity (Wildman–Crippen MR) is 97.7 cm³/mol. The minimum atomic E-state index is -0.578. The van der Waals surface area contributed by atoms with Crippen LogP contribution in [0.1, 0.15) is 29.4 Å². The predicted octanol–water partition coefficient (Wildman–Crippen LogP) is 1.87. The fourth-order valence-corrected chi connectivity index (χ4v) is 3.17. The lowest BCUT2D eigenvalue weighted by Gasteiger charge is -2.28. The molecule has 7 heteroatoms. The van der Waals surface area contributed by atoms with Crippen molar-refractivity contribution in [3.63, 3.8) is 0 Å². The van der Waals surface area contributed by atoms with Crippen molar-refractivity contribution in [2.24, 2.45) is 0 Å². The Labute approximate surface area is 157 Å². The minimum absolute atomic E-state index is 0.0775. The molecule has 0 radical (unpaired) electrons. The van der Waals surface area contributed by atoms with Gasteiger partial charge < -0.3 is 23.9 Å². The molecule has 0 saturated carbocycles. The van der Waals surface area contributed by atoms with E-state index in [9.17, 15) is 14.7 Å². The lowest BCUT2D eigenvalue weighted by Crippen LogP contribution is -2.41. The number of hydrogen-bond acceptors (Lipinski definition) is 6. The SMILES string of the molecule is COCc1cc(=O)c(O)c([C@@H](CC(=O)N2CCOCC2)c2ccccc2)o1. The summed E-state index contributed by atoms with van der Waals surface area (Å²) in [5.41, 5.74) is 0.232. The maximum absolute atomic E-state index is 12.8. The van der Waals surface area contributed by atoms with Crippen molar-refractivity contribution in [1.29, 1.82) is 0 Å². The highest BCUT2D eigenvalue weighted by Gasteiger charge is 2.28. The highest BCUT2D eigenvalue weighted by molar-refractivity contribution is 5.78. The lowest BCUT2D eigenvalue weighted by atomic mass is 9.91. The number of carbonyl (C=O) groups is 1. The summed E-state index contributed by atoms with van der Waals surface area (Å²) in [6.07, 6.45) is 0.0803. The topological polar surface area (TPSA) is 89.2 Å². The first kappa shape index (κ1) is 19.1. The molecule has 144 valence electrons. The molecule has 0 unspecified atom stereocenters. The molecule has 0 spiro atoms. The second kappa shape index (κ2) is 8.83. The zero-order valence-electron chi connectivity index (χ0n) is 15.2. The molecular formula is C20H23NO6. The minimum Gasteiger partial charge on any atom is -0.502 e. The first-order valence-electron chi connectivity index (χ1n) is 8.85. The molecule has 1 amide bonds. The number of ether oxygens (including phenoxy) is 2. The number of methoxy groups -OCH3 is 1. The number of morpholine rings is 1. The highest BCUT2D eigenvalue weighted by atomic mass is 16.5. The second-order valence-corrected chi connectivity index (χ2v) is 6.38. The van der Waals surface area contributed by atoms with Crippen LogP contribution in [0.3, 0.4) is 0 Å². The number of hydrogen-bond donors (Lipinski definition) is 1. The molecule has 2 aromatic rings. The van der Waals surface area contributed by atoms with Gasteiger partial charge in [0.25, 0.3) is 0 Å². The number of rotatable bonds is 6. The van der Waals surface area contributed by atoms with E-state index in [0.29, 0.717) is 32.1 Å². The fourth-order valence-electron chi connectivity index (χ4n) is 3.17. The third-order valence-electron chi connectivity index (χ3n) is 4.55. The zero-order chi connectivity index (χ0) is 19.2. The molecule has 1 aromatic heterocycles. The molecule has 1 N–H and O–H groups in total. The van der Waals surface area contributed by atoms with Gasteiger partial charge in [-0.1, -0.05) is 30.3 Å². The van der Waals surface area contributed by atoms with Crippen LogP contribution in [0, 0.1) is 0 Å². The van der Waals surface area contributed by atoms with Crippen molar-refractivity contribution in [3.8, 4) is 5.75 Å². The smallest absolute Gasteiger partial charge is 0.227 e. The van der Waals surface area contributed by atoms with Crippen LogP contribution < -0.4 is 5.43 Å². The van der Waals surface area contributed by atoms with Crippen molar-refractivity contribution < 1.29 is 23.8 Å². The Hall–Kier alpha value is -2.64. The Balaban J connectivity index is 1.98. The van der Waals surface area contributed by atoms with Crippen molar-refractivity contribution in [2.75, 3.05) is 33.4 Å². The van der Waals surface area contributed by atoms with Crippen LogP contribution in [0.15, 0.2) is 45.6 Å². The summed E-state index contributed by atoms with van der Waals surface area (Å²) in [6.45, 7) is 2.16. The molecule has 1 fully saturated rings. The summed E-state index contributed by atoms with van der Waals surface area (Å²) in [7, 11) is 1.49. The molecule has 1 aliphatic heterocycles. The summed E-state index contributed by atoms with van der Waals surface area (Å²) in [4.78, 5) is 26.7.